The molecular formula is C16H11ClFN3O. The van der Waals surface area contributed by atoms with Crippen molar-refractivity contribution < 1.29 is 9.18 Å². The first-order valence-electron chi connectivity index (χ1n) is 6.52. The predicted octanol–water partition coefficient (Wildman–Crippen LogP) is 3.85. The fourth-order valence-electron chi connectivity index (χ4n) is 2.19. The second-order valence-corrected chi connectivity index (χ2v) is 5.18. The summed E-state index contributed by atoms with van der Waals surface area (Å²) in [6, 6.07) is 8.38. The third-order valence-electron chi connectivity index (χ3n) is 3.29. The van der Waals surface area contributed by atoms with Crippen LogP contribution in [0.4, 0.5) is 4.39 Å². The van der Waals surface area contributed by atoms with Crippen LogP contribution in [-0.4, -0.2) is 21.1 Å². The van der Waals surface area contributed by atoms with E-state index < -0.39 is 5.95 Å². The molecule has 1 aromatic carbocycles. The van der Waals surface area contributed by atoms with Crippen LogP contribution in [0, 0.1) is 12.9 Å². The Morgan fingerprint density at radius 2 is 2.09 bits per heavy atom. The summed E-state index contributed by atoms with van der Waals surface area (Å²) >= 11 is 6.16. The second-order valence-electron chi connectivity index (χ2n) is 4.77. The minimum atomic E-state index is -0.608. The molecule has 2 heterocycles. The average Bonchev–Trinajstić information content (AvgIpc) is 2.94. The van der Waals surface area contributed by atoms with Crippen LogP contribution in [-0.2, 0) is 0 Å². The number of aldehydes is 1. The van der Waals surface area contributed by atoms with E-state index in [1.807, 2.05) is 6.07 Å². The van der Waals surface area contributed by atoms with Crippen LogP contribution < -0.4 is 0 Å². The van der Waals surface area contributed by atoms with E-state index >= 15 is 0 Å². The third-order valence-corrected chi connectivity index (χ3v) is 3.62. The molecule has 0 amide bonds. The van der Waals surface area contributed by atoms with Gasteiger partial charge >= 0.3 is 0 Å². The first-order chi connectivity index (χ1) is 10.6. The van der Waals surface area contributed by atoms with Crippen LogP contribution in [0.3, 0.4) is 0 Å². The van der Waals surface area contributed by atoms with Crippen LogP contribution in [0.1, 0.15) is 15.9 Å². The van der Waals surface area contributed by atoms with Crippen molar-refractivity contribution in [3.05, 3.63) is 64.8 Å². The molecule has 3 aromatic rings. The molecule has 0 aliphatic rings. The van der Waals surface area contributed by atoms with Gasteiger partial charge in [0.1, 0.15) is 5.69 Å². The van der Waals surface area contributed by atoms with E-state index in [-0.39, 0.29) is 0 Å². The summed E-state index contributed by atoms with van der Waals surface area (Å²) in [5.74, 6) is -0.608. The number of pyridine rings is 1. The maximum Gasteiger partial charge on any atom is 0.214 e. The number of aryl methyl sites for hydroxylation is 1. The summed E-state index contributed by atoms with van der Waals surface area (Å²) in [5.41, 5.74) is 2.75. The summed E-state index contributed by atoms with van der Waals surface area (Å²) in [6.45, 7) is 1.79. The summed E-state index contributed by atoms with van der Waals surface area (Å²) in [6.07, 6.45) is 3.67. The standard InChI is InChI=1S/C16H11ClFN3O/c1-10-7-19-15(18)6-14(10)21-8-11(9-22)16(20-21)12-4-2-3-5-13(12)17/h2-9H,1H3. The van der Waals surface area contributed by atoms with Gasteiger partial charge in [0.05, 0.1) is 16.3 Å². The SMILES string of the molecule is Cc1cnc(F)cc1-n1cc(C=O)c(-c2ccccc2Cl)n1. The summed E-state index contributed by atoms with van der Waals surface area (Å²) < 4.78 is 14.8. The van der Waals surface area contributed by atoms with E-state index in [2.05, 4.69) is 10.1 Å². The zero-order chi connectivity index (χ0) is 15.7. The van der Waals surface area contributed by atoms with Crippen molar-refractivity contribution >= 4 is 17.9 Å². The fourth-order valence-corrected chi connectivity index (χ4v) is 2.42. The van der Waals surface area contributed by atoms with Crippen molar-refractivity contribution in [3.8, 4) is 16.9 Å². The molecule has 4 nitrogen and oxygen atoms in total. The maximum atomic E-state index is 13.4. The molecule has 0 saturated carbocycles. The number of carbonyl (C=O) groups excluding carboxylic acids is 1. The summed E-state index contributed by atoms with van der Waals surface area (Å²) in [4.78, 5) is 14.9. The van der Waals surface area contributed by atoms with E-state index in [4.69, 9.17) is 11.6 Å². The lowest BCUT2D eigenvalue weighted by Gasteiger charge is -2.05. The van der Waals surface area contributed by atoms with Gasteiger partial charge in [0, 0.05) is 24.0 Å². The zero-order valence-corrected chi connectivity index (χ0v) is 12.4. The zero-order valence-electron chi connectivity index (χ0n) is 11.6. The van der Waals surface area contributed by atoms with Crippen molar-refractivity contribution in [3.63, 3.8) is 0 Å². The van der Waals surface area contributed by atoms with Gasteiger partial charge in [0.25, 0.3) is 0 Å². The average molecular weight is 316 g/mol. The monoisotopic (exact) mass is 315 g/mol. The molecule has 6 heteroatoms. The minimum absolute atomic E-state index is 0.379. The number of rotatable bonds is 3. The van der Waals surface area contributed by atoms with Crippen LogP contribution in [0.25, 0.3) is 16.9 Å². The van der Waals surface area contributed by atoms with Crippen LogP contribution >= 0.6 is 11.6 Å². The lowest BCUT2D eigenvalue weighted by molar-refractivity contribution is 0.112. The van der Waals surface area contributed by atoms with Crippen molar-refractivity contribution in [2.75, 3.05) is 0 Å². The third kappa shape index (κ3) is 2.51. The van der Waals surface area contributed by atoms with Gasteiger partial charge in [-0.3, -0.25) is 4.79 Å². The lowest BCUT2D eigenvalue weighted by atomic mass is 10.1. The van der Waals surface area contributed by atoms with Gasteiger partial charge in [0.2, 0.25) is 5.95 Å². The first-order valence-corrected chi connectivity index (χ1v) is 6.90. The Balaban J connectivity index is 2.19. The number of carbonyl (C=O) groups is 1. The number of aromatic nitrogens is 3. The van der Waals surface area contributed by atoms with Gasteiger partial charge in [-0.2, -0.15) is 9.49 Å². The number of halogens is 2. The molecule has 2 aromatic heterocycles. The van der Waals surface area contributed by atoms with Gasteiger partial charge < -0.3 is 0 Å². The van der Waals surface area contributed by atoms with Gasteiger partial charge in [-0.25, -0.2) is 9.67 Å². The van der Waals surface area contributed by atoms with Gasteiger partial charge in [0.15, 0.2) is 6.29 Å². The first kappa shape index (κ1) is 14.4. The van der Waals surface area contributed by atoms with Crippen LogP contribution in [0.15, 0.2) is 42.7 Å². The van der Waals surface area contributed by atoms with E-state index in [0.717, 1.165) is 5.56 Å². The highest BCUT2D eigenvalue weighted by Gasteiger charge is 2.15. The molecule has 0 radical (unpaired) electrons. The molecule has 22 heavy (non-hydrogen) atoms. The highest BCUT2D eigenvalue weighted by atomic mass is 35.5. The number of benzene rings is 1. The van der Waals surface area contributed by atoms with E-state index in [9.17, 15) is 9.18 Å². The Hall–Kier alpha value is -2.53. The normalized spacial score (nSPS) is 10.7. The van der Waals surface area contributed by atoms with Gasteiger partial charge in [-0.15, -0.1) is 0 Å². The van der Waals surface area contributed by atoms with Gasteiger partial charge in [-0.05, 0) is 18.6 Å². The molecule has 0 aliphatic heterocycles. The Morgan fingerprint density at radius 3 is 2.82 bits per heavy atom. The largest absolute Gasteiger partial charge is 0.298 e. The smallest absolute Gasteiger partial charge is 0.214 e. The molecule has 110 valence electrons. The Morgan fingerprint density at radius 1 is 1.32 bits per heavy atom. The van der Waals surface area contributed by atoms with Crippen molar-refractivity contribution in [2.24, 2.45) is 0 Å². The summed E-state index contributed by atoms with van der Waals surface area (Å²) in [5, 5.41) is 4.88. The molecular weight excluding hydrogens is 305 g/mol. The van der Waals surface area contributed by atoms with E-state index in [1.54, 1.807) is 31.3 Å². The predicted molar refractivity (Wildman–Crippen MR) is 81.9 cm³/mol. The van der Waals surface area contributed by atoms with Crippen LogP contribution in [0.5, 0.6) is 0 Å². The highest BCUT2D eigenvalue weighted by molar-refractivity contribution is 6.33. The highest BCUT2D eigenvalue weighted by Crippen LogP contribution is 2.29. The van der Waals surface area contributed by atoms with Crippen LogP contribution in [0.2, 0.25) is 5.02 Å². The molecule has 0 atom stereocenters. The molecule has 0 aliphatic carbocycles. The molecule has 0 unspecified atom stereocenters. The Labute approximate surface area is 131 Å². The topological polar surface area (TPSA) is 47.8 Å². The lowest BCUT2D eigenvalue weighted by Crippen LogP contribution is -2.00. The minimum Gasteiger partial charge on any atom is -0.298 e. The molecule has 0 N–H and O–H groups in total. The number of nitrogens with zero attached hydrogens (tertiary/aromatic N) is 3. The summed E-state index contributed by atoms with van der Waals surface area (Å²) in [7, 11) is 0. The number of hydrogen-bond acceptors (Lipinski definition) is 3. The van der Waals surface area contributed by atoms with Crippen molar-refractivity contribution in [1.29, 1.82) is 0 Å². The number of hydrogen-bond donors (Lipinski definition) is 0. The second kappa shape index (κ2) is 5.69. The Kier molecular flexibility index (Phi) is 3.73. The quantitative estimate of drug-likeness (QED) is 0.545. The molecule has 0 saturated heterocycles. The maximum absolute atomic E-state index is 13.4. The van der Waals surface area contributed by atoms with E-state index in [0.29, 0.717) is 33.8 Å². The van der Waals surface area contributed by atoms with E-state index in [1.165, 1.54) is 16.9 Å². The Bertz CT molecular complexity index is 860. The molecule has 0 spiro atoms. The molecule has 0 fully saturated rings. The molecule has 3 rings (SSSR count). The fraction of sp³-hybridized carbons (Fsp3) is 0.0625. The molecule has 0 bridgehead atoms. The van der Waals surface area contributed by atoms with Gasteiger partial charge in [-0.1, -0.05) is 29.8 Å². The van der Waals surface area contributed by atoms with Crippen molar-refractivity contribution in [1.82, 2.24) is 14.8 Å². The van der Waals surface area contributed by atoms with Crippen molar-refractivity contribution in [2.45, 2.75) is 6.92 Å².